The van der Waals surface area contributed by atoms with Crippen LogP contribution in [0.15, 0.2) is 30.3 Å². The number of nitrogens with zero attached hydrogens (tertiary/aromatic N) is 3. The zero-order chi connectivity index (χ0) is 21.2. The number of amides is 1. The minimum atomic E-state index is -3.13. The van der Waals surface area contributed by atoms with Crippen molar-refractivity contribution < 1.29 is 18.3 Å². The molecule has 0 unspecified atom stereocenters. The molecule has 1 aromatic carbocycles. The van der Waals surface area contributed by atoms with E-state index in [9.17, 15) is 13.6 Å². The van der Waals surface area contributed by atoms with Crippen molar-refractivity contribution in [1.29, 1.82) is 0 Å². The zero-order valence-electron chi connectivity index (χ0n) is 16.6. The second-order valence-electron chi connectivity index (χ2n) is 6.62. The topological polar surface area (TPSA) is 69.0 Å². The average Bonchev–Trinajstić information content (AvgIpc) is 3.00. The molecule has 1 amide bonds. The number of benzene rings is 1. The Hall–Kier alpha value is -2.68. The van der Waals surface area contributed by atoms with E-state index in [1.54, 1.807) is 23.9 Å². The van der Waals surface area contributed by atoms with E-state index in [1.807, 2.05) is 17.9 Å². The lowest BCUT2D eigenvalue weighted by atomic mass is 10.2. The summed E-state index contributed by atoms with van der Waals surface area (Å²) in [4.78, 5) is 21.1. The Balaban J connectivity index is 1.94. The Labute approximate surface area is 171 Å². The molecule has 29 heavy (non-hydrogen) atoms. The van der Waals surface area contributed by atoms with Crippen molar-refractivity contribution in [3.05, 3.63) is 47.5 Å². The molecule has 9 heteroatoms. The Bertz CT molecular complexity index is 1050. The number of pyridine rings is 1. The molecule has 0 aliphatic heterocycles. The normalized spacial score (nSPS) is 11.7. The number of anilines is 1. The first-order chi connectivity index (χ1) is 13.7. The fraction of sp³-hybridized carbons (Fsp3) is 0.350. The van der Waals surface area contributed by atoms with Crippen LogP contribution < -0.4 is 10.1 Å². The highest BCUT2D eigenvalue weighted by molar-refractivity contribution is 7.98. The number of aromatic nitrogens is 3. The minimum Gasteiger partial charge on any atom is -0.494 e. The first kappa shape index (κ1) is 21.0. The third kappa shape index (κ3) is 4.50. The van der Waals surface area contributed by atoms with Gasteiger partial charge >= 0.3 is 0 Å². The van der Waals surface area contributed by atoms with Crippen molar-refractivity contribution in [3.8, 4) is 5.75 Å². The van der Waals surface area contributed by atoms with Gasteiger partial charge in [-0.05, 0) is 24.5 Å². The maximum absolute atomic E-state index is 13.5. The predicted octanol–water partition coefficient (Wildman–Crippen LogP) is 4.25. The summed E-state index contributed by atoms with van der Waals surface area (Å²) in [5.41, 5.74) is 1.44. The Morgan fingerprint density at radius 3 is 2.72 bits per heavy atom. The molecule has 2 aromatic heterocycles. The van der Waals surface area contributed by atoms with Crippen LogP contribution in [0.3, 0.4) is 0 Å². The Kier molecular flexibility index (Phi) is 6.07. The number of nitrogens with one attached hydrogen (secondary N) is 1. The van der Waals surface area contributed by atoms with Gasteiger partial charge in [-0.2, -0.15) is 20.5 Å². The van der Waals surface area contributed by atoms with E-state index in [0.29, 0.717) is 11.4 Å². The monoisotopic (exact) mass is 420 g/mol. The van der Waals surface area contributed by atoms with E-state index in [-0.39, 0.29) is 5.69 Å². The number of carbonyl (C=O) groups is 1. The van der Waals surface area contributed by atoms with Gasteiger partial charge in [-0.25, -0.2) is 9.97 Å². The Morgan fingerprint density at radius 1 is 1.31 bits per heavy atom. The number of hydrogen-bond acceptors (Lipinski definition) is 5. The number of hydrogen-bond donors (Lipinski definition) is 1. The van der Waals surface area contributed by atoms with Crippen molar-refractivity contribution in [3.63, 3.8) is 0 Å². The standard InChI is InChI=1S/C20H22F2N4O2S/c1-20(21,22)17-7-5-6-12(23-17)19(27)25-14-10-15-13(11-16(14)28-3)24-18(26(15)2)8-9-29-4/h5-7,10-11H,8-9H2,1-4H3,(H,25,27). The van der Waals surface area contributed by atoms with Gasteiger partial charge in [0.1, 0.15) is 23.0 Å². The molecule has 154 valence electrons. The molecule has 0 saturated heterocycles. The van der Waals surface area contributed by atoms with Gasteiger partial charge in [-0.15, -0.1) is 0 Å². The lowest BCUT2D eigenvalue weighted by Gasteiger charge is -2.13. The third-order valence-corrected chi connectivity index (χ3v) is 5.12. The number of aryl methyl sites for hydroxylation is 2. The van der Waals surface area contributed by atoms with Crippen molar-refractivity contribution in [2.75, 3.05) is 24.4 Å². The van der Waals surface area contributed by atoms with Gasteiger partial charge in [0, 0.05) is 32.2 Å². The molecule has 3 aromatic rings. The van der Waals surface area contributed by atoms with E-state index in [0.717, 1.165) is 36.0 Å². The van der Waals surface area contributed by atoms with Crippen LogP contribution in [-0.4, -0.2) is 39.6 Å². The molecule has 3 rings (SSSR count). The van der Waals surface area contributed by atoms with E-state index >= 15 is 0 Å². The molecule has 2 heterocycles. The van der Waals surface area contributed by atoms with Crippen molar-refractivity contribution in [2.24, 2.45) is 7.05 Å². The van der Waals surface area contributed by atoms with E-state index in [2.05, 4.69) is 15.3 Å². The molecule has 0 atom stereocenters. The molecular weight excluding hydrogens is 398 g/mol. The van der Waals surface area contributed by atoms with Gasteiger partial charge in [-0.3, -0.25) is 4.79 Å². The first-order valence-corrected chi connectivity index (χ1v) is 10.3. The summed E-state index contributed by atoms with van der Waals surface area (Å²) < 4.78 is 34.4. The van der Waals surface area contributed by atoms with Crippen LogP contribution in [-0.2, 0) is 19.4 Å². The van der Waals surface area contributed by atoms with Crippen molar-refractivity contribution in [2.45, 2.75) is 19.3 Å². The minimum absolute atomic E-state index is 0.100. The van der Waals surface area contributed by atoms with Crippen LogP contribution in [0.4, 0.5) is 14.5 Å². The van der Waals surface area contributed by atoms with Gasteiger partial charge in [0.15, 0.2) is 0 Å². The summed E-state index contributed by atoms with van der Waals surface area (Å²) >= 11 is 1.74. The van der Waals surface area contributed by atoms with Crippen molar-refractivity contribution >= 4 is 34.4 Å². The number of methoxy groups -OCH3 is 1. The quantitative estimate of drug-likeness (QED) is 0.619. The number of imidazole rings is 1. The predicted molar refractivity (Wildman–Crippen MR) is 111 cm³/mol. The highest BCUT2D eigenvalue weighted by atomic mass is 32.2. The number of thioether (sulfide) groups is 1. The van der Waals surface area contributed by atoms with Crippen LogP contribution in [0.25, 0.3) is 11.0 Å². The highest BCUT2D eigenvalue weighted by Crippen LogP contribution is 2.31. The molecule has 6 nitrogen and oxygen atoms in total. The van der Waals surface area contributed by atoms with Gasteiger partial charge in [0.05, 0.1) is 23.8 Å². The molecular formula is C20H22F2N4O2S. The van der Waals surface area contributed by atoms with Gasteiger partial charge < -0.3 is 14.6 Å². The van der Waals surface area contributed by atoms with Crippen LogP contribution in [0.1, 0.15) is 28.9 Å². The van der Waals surface area contributed by atoms with E-state index in [1.165, 1.54) is 25.3 Å². The summed E-state index contributed by atoms with van der Waals surface area (Å²) in [6.07, 6.45) is 2.86. The van der Waals surface area contributed by atoms with Gasteiger partial charge in [-0.1, -0.05) is 6.07 Å². The summed E-state index contributed by atoms with van der Waals surface area (Å²) in [5, 5.41) is 2.71. The number of carbonyl (C=O) groups excluding carboxylic acids is 1. The maximum Gasteiger partial charge on any atom is 0.287 e. The summed E-state index contributed by atoms with van der Waals surface area (Å²) in [7, 11) is 3.41. The largest absolute Gasteiger partial charge is 0.494 e. The summed E-state index contributed by atoms with van der Waals surface area (Å²) in [6.45, 7) is 0.741. The van der Waals surface area contributed by atoms with Crippen LogP contribution in [0, 0.1) is 0 Å². The fourth-order valence-electron chi connectivity index (χ4n) is 2.94. The number of halogens is 2. The molecule has 0 aliphatic carbocycles. The number of rotatable bonds is 7. The van der Waals surface area contributed by atoms with Crippen LogP contribution in [0.5, 0.6) is 5.75 Å². The smallest absolute Gasteiger partial charge is 0.287 e. The van der Waals surface area contributed by atoms with E-state index in [4.69, 9.17) is 4.74 Å². The molecule has 0 bridgehead atoms. The second-order valence-corrected chi connectivity index (χ2v) is 7.61. The lowest BCUT2D eigenvalue weighted by Crippen LogP contribution is -2.18. The summed E-state index contributed by atoms with van der Waals surface area (Å²) in [6, 6.07) is 7.47. The number of alkyl halides is 2. The van der Waals surface area contributed by atoms with Gasteiger partial charge in [0.25, 0.3) is 11.8 Å². The lowest BCUT2D eigenvalue weighted by molar-refractivity contribution is 0.0126. The number of fused-ring (bicyclic) bond motifs is 1. The highest BCUT2D eigenvalue weighted by Gasteiger charge is 2.27. The average molecular weight is 420 g/mol. The molecule has 0 radical (unpaired) electrons. The molecule has 1 N–H and O–H groups in total. The summed E-state index contributed by atoms with van der Waals surface area (Å²) in [5.74, 6) is -1.42. The van der Waals surface area contributed by atoms with Crippen molar-refractivity contribution in [1.82, 2.24) is 14.5 Å². The third-order valence-electron chi connectivity index (χ3n) is 4.50. The van der Waals surface area contributed by atoms with Crippen LogP contribution in [0.2, 0.25) is 0 Å². The Morgan fingerprint density at radius 2 is 2.07 bits per heavy atom. The second kappa shape index (κ2) is 8.36. The molecule has 0 spiro atoms. The van der Waals surface area contributed by atoms with E-state index < -0.39 is 17.5 Å². The van der Waals surface area contributed by atoms with Gasteiger partial charge in [0.2, 0.25) is 0 Å². The molecule has 0 saturated carbocycles. The maximum atomic E-state index is 13.5. The number of ether oxygens (including phenoxy) is 1. The zero-order valence-corrected chi connectivity index (χ0v) is 17.4. The SMILES string of the molecule is COc1cc2nc(CCSC)n(C)c2cc1NC(=O)c1cccc(C(C)(F)F)n1. The molecule has 0 fully saturated rings. The fourth-order valence-corrected chi connectivity index (χ4v) is 3.33. The molecule has 0 aliphatic rings. The van der Waals surface area contributed by atoms with Crippen LogP contribution >= 0.6 is 11.8 Å². The first-order valence-electron chi connectivity index (χ1n) is 8.93.